The van der Waals surface area contributed by atoms with Crippen molar-refractivity contribution < 1.29 is 19.4 Å². The molecule has 2 unspecified atom stereocenters. The molecule has 0 radical (unpaired) electrons. The molecule has 4 atom stereocenters. The summed E-state index contributed by atoms with van der Waals surface area (Å²) in [5, 5.41) is 9.65. The van der Waals surface area contributed by atoms with E-state index in [4.69, 9.17) is 4.74 Å². The topological polar surface area (TPSA) is 70.1 Å². The third-order valence-electron chi connectivity index (χ3n) is 5.34. The number of amides is 1. The van der Waals surface area contributed by atoms with Crippen LogP contribution in [0.15, 0.2) is 41.6 Å². The Morgan fingerprint density at radius 2 is 2.08 bits per heavy atom. The molecular weight excluding hydrogens is 326 g/mol. The van der Waals surface area contributed by atoms with Gasteiger partial charge in [-0.1, -0.05) is 37.3 Å². The van der Waals surface area contributed by atoms with E-state index in [0.717, 1.165) is 17.6 Å². The summed E-state index contributed by atoms with van der Waals surface area (Å²) in [4.78, 5) is 25.9. The van der Waals surface area contributed by atoms with Crippen LogP contribution in [0, 0.1) is 5.92 Å². The number of epoxide rings is 1. The summed E-state index contributed by atoms with van der Waals surface area (Å²) >= 11 is 1.52. The van der Waals surface area contributed by atoms with Crippen LogP contribution in [0.3, 0.4) is 0 Å². The summed E-state index contributed by atoms with van der Waals surface area (Å²) in [7, 11) is 0. The number of carboxylic acids is 1. The summed E-state index contributed by atoms with van der Waals surface area (Å²) in [5.74, 6) is -1.21. The van der Waals surface area contributed by atoms with E-state index in [-0.39, 0.29) is 29.0 Å². The highest BCUT2D eigenvalue weighted by Crippen LogP contribution is 2.62. The molecule has 3 heterocycles. The molecule has 5 nitrogen and oxygen atoms in total. The van der Waals surface area contributed by atoms with Gasteiger partial charge in [-0.15, -0.1) is 11.8 Å². The Morgan fingerprint density at radius 1 is 1.38 bits per heavy atom. The highest BCUT2D eigenvalue weighted by Gasteiger charge is 2.81. The van der Waals surface area contributed by atoms with Crippen molar-refractivity contribution in [2.24, 2.45) is 5.92 Å². The third-order valence-corrected chi connectivity index (χ3v) is 6.21. The van der Waals surface area contributed by atoms with E-state index >= 15 is 0 Å². The van der Waals surface area contributed by atoms with Gasteiger partial charge >= 0.3 is 5.97 Å². The lowest BCUT2D eigenvalue weighted by atomic mass is 9.76. The molecule has 3 aliphatic heterocycles. The lowest BCUT2D eigenvalue weighted by molar-refractivity contribution is -0.159. The van der Waals surface area contributed by atoms with Crippen molar-refractivity contribution in [3.63, 3.8) is 0 Å². The minimum Gasteiger partial charge on any atom is -0.477 e. The number of benzene rings is 1. The van der Waals surface area contributed by atoms with Gasteiger partial charge in [0.25, 0.3) is 5.91 Å². The number of aliphatic carboxylic acids is 1. The normalized spacial score (nSPS) is 33.7. The fourth-order valence-electron chi connectivity index (χ4n) is 4.31. The molecule has 1 N–H and O–H groups in total. The number of rotatable bonds is 5. The molecule has 24 heavy (non-hydrogen) atoms. The van der Waals surface area contributed by atoms with Crippen LogP contribution < -0.4 is 0 Å². The van der Waals surface area contributed by atoms with Gasteiger partial charge in [0.2, 0.25) is 5.60 Å². The van der Waals surface area contributed by atoms with Crippen molar-refractivity contribution in [2.75, 3.05) is 6.26 Å². The number of ether oxygens (including phenoxy) is 1. The third kappa shape index (κ3) is 1.87. The molecule has 1 aromatic carbocycles. The number of carbonyl (C=O) groups excluding carboxylic acids is 1. The number of nitrogens with zero attached hydrogens (tertiary/aromatic N) is 1. The predicted molar refractivity (Wildman–Crippen MR) is 90.3 cm³/mol. The molecule has 126 valence electrons. The number of fused-ring (bicyclic) bond motifs is 2. The highest BCUT2D eigenvalue weighted by molar-refractivity contribution is 7.99. The van der Waals surface area contributed by atoms with Crippen molar-refractivity contribution in [3.8, 4) is 0 Å². The second kappa shape index (κ2) is 5.36. The Balaban J connectivity index is 1.74. The standard InChI is InChI=1S/C18H19NO4S/c1-3-11-12(9-10-7-5-4-6-8-10)14-18(17(23-18)24-2)16(22)19(14)13(11)15(20)21/h4-8,12,14,17H,3,9H2,1-2H3,(H,20,21)/t12?,14-,17?,18+/m0/s1. The quantitative estimate of drug-likeness (QED) is 0.655. The number of β-lactam (4-membered cyclic amide) rings is 1. The van der Waals surface area contributed by atoms with Gasteiger partial charge in [0.1, 0.15) is 11.1 Å². The van der Waals surface area contributed by atoms with Crippen LogP contribution >= 0.6 is 11.8 Å². The first kappa shape index (κ1) is 15.7. The average molecular weight is 345 g/mol. The zero-order chi connectivity index (χ0) is 17.1. The van der Waals surface area contributed by atoms with Crippen LogP contribution in [0.5, 0.6) is 0 Å². The molecule has 3 aliphatic rings. The van der Waals surface area contributed by atoms with Crippen molar-refractivity contribution in [1.82, 2.24) is 4.90 Å². The zero-order valence-electron chi connectivity index (χ0n) is 13.6. The first-order valence-electron chi connectivity index (χ1n) is 8.10. The van der Waals surface area contributed by atoms with Crippen molar-refractivity contribution >= 4 is 23.6 Å². The fraction of sp³-hybridized carbons (Fsp3) is 0.444. The van der Waals surface area contributed by atoms with E-state index in [0.29, 0.717) is 6.42 Å². The van der Waals surface area contributed by atoms with Gasteiger partial charge in [0.05, 0.1) is 6.04 Å². The smallest absolute Gasteiger partial charge is 0.352 e. The van der Waals surface area contributed by atoms with Gasteiger partial charge < -0.3 is 9.84 Å². The molecule has 6 heteroatoms. The first-order chi connectivity index (χ1) is 11.6. The molecule has 2 fully saturated rings. The summed E-state index contributed by atoms with van der Waals surface area (Å²) in [6.45, 7) is 1.96. The van der Waals surface area contributed by atoms with Crippen LogP contribution in [0.1, 0.15) is 18.9 Å². The second-order valence-electron chi connectivity index (χ2n) is 6.43. The van der Waals surface area contributed by atoms with Crippen LogP contribution in [-0.4, -0.2) is 45.2 Å². The predicted octanol–water partition coefficient (Wildman–Crippen LogP) is 2.28. The maximum atomic E-state index is 12.7. The molecule has 4 rings (SSSR count). The lowest BCUT2D eigenvalue weighted by Crippen LogP contribution is -2.68. The Bertz CT molecular complexity index is 747. The molecule has 0 saturated carbocycles. The number of hydrogen-bond acceptors (Lipinski definition) is 4. The molecule has 1 spiro atoms. The minimum atomic E-state index is -1.02. The minimum absolute atomic E-state index is 0.00153. The van der Waals surface area contributed by atoms with Gasteiger partial charge in [-0.3, -0.25) is 9.69 Å². The Morgan fingerprint density at radius 3 is 2.62 bits per heavy atom. The van der Waals surface area contributed by atoms with Gasteiger partial charge in [-0.25, -0.2) is 4.79 Å². The largest absolute Gasteiger partial charge is 0.477 e. The van der Waals surface area contributed by atoms with Crippen LogP contribution in [-0.2, 0) is 20.7 Å². The lowest BCUT2D eigenvalue weighted by Gasteiger charge is -2.44. The van der Waals surface area contributed by atoms with Crippen LogP contribution in [0.25, 0.3) is 0 Å². The summed E-state index contributed by atoms with van der Waals surface area (Å²) in [6, 6.07) is 9.83. The monoisotopic (exact) mass is 345 g/mol. The summed E-state index contributed by atoms with van der Waals surface area (Å²) in [6.07, 6.45) is 3.27. The van der Waals surface area contributed by atoms with Gasteiger partial charge in [-0.2, -0.15) is 0 Å². The van der Waals surface area contributed by atoms with Crippen molar-refractivity contribution in [3.05, 3.63) is 47.2 Å². The number of hydrogen-bond donors (Lipinski definition) is 1. The van der Waals surface area contributed by atoms with Gasteiger partial charge in [0, 0.05) is 5.92 Å². The second-order valence-corrected chi connectivity index (χ2v) is 7.33. The number of thioether (sulfide) groups is 1. The van der Waals surface area contributed by atoms with Crippen LogP contribution in [0.2, 0.25) is 0 Å². The van der Waals surface area contributed by atoms with E-state index in [1.807, 2.05) is 43.5 Å². The molecule has 0 bridgehead atoms. The summed E-state index contributed by atoms with van der Waals surface area (Å²) in [5.41, 5.74) is 1.22. The molecular formula is C18H19NO4S. The fourth-order valence-corrected chi connectivity index (χ4v) is 5.15. The molecule has 1 amide bonds. The average Bonchev–Trinajstić information content (AvgIpc) is 3.28. The highest BCUT2D eigenvalue weighted by atomic mass is 32.2. The molecule has 0 aromatic heterocycles. The van der Waals surface area contributed by atoms with Crippen molar-refractivity contribution in [2.45, 2.75) is 36.8 Å². The molecule has 1 aromatic rings. The van der Waals surface area contributed by atoms with E-state index in [9.17, 15) is 14.7 Å². The van der Waals surface area contributed by atoms with E-state index in [1.54, 1.807) is 0 Å². The maximum Gasteiger partial charge on any atom is 0.352 e. The zero-order valence-corrected chi connectivity index (χ0v) is 14.4. The number of carbonyl (C=O) groups is 2. The van der Waals surface area contributed by atoms with Crippen molar-refractivity contribution in [1.29, 1.82) is 0 Å². The Hall–Kier alpha value is -1.79. The molecule has 0 aliphatic carbocycles. The Labute approximate surface area is 144 Å². The molecule has 2 saturated heterocycles. The SMILES string of the molecule is CCC1=C(C(=O)O)N2C(=O)[C@]3(OC3SC)[C@@H]2C1Cc1ccccc1. The van der Waals surface area contributed by atoms with Gasteiger partial charge in [-0.05, 0) is 30.2 Å². The number of carboxylic acid groups (broad SMARTS) is 1. The van der Waals surface area contributed by atoms with Crippen LogP contribution in [0.4, 0.5) is 0 Å². The Kier molecular flexibility index (Phi) is 3.51. The van der Waals surface area contributed by atoms with Gasteiger partial charge in [0.15, 0.2) is 0 Å². The van der Waals surface area contributed by atoms with E-state index in [1.165, 1.54) is 16.7 Å². The van der Waals surface area contributed by atoms with E-state index in [2.05, 4.69) is 0 Å². The first-order valence-corrected chi connectivity index (χ1v) is 9.39. The summed E-state index contributed by atoms with van der Waals surface area (Å²) < 4.78 is 5.76. The van der Waals surface area contributed by atoms with E-state index < -0.39 is 11.6 Å². The maximum absolute atomic E-state index is 12.7.